The van der Waals surface area contributed by atoms with Crippen molar-refractivity contribution >= 4 is 22.5 Å². The molecule has 0 spiro atoms. The number of amides is 1. The molecule has 1 unspecified atom stereocenters. The lowest BCUT2D eigenvalue weighted by molar-refractivity contribution is 0.0993. The third kappa shape index (κ3) is 3.30. The second kappa shape index (κ2) is 8.28. The average Bonchev–Trinajstić information content (AvgIpc) is 3.35. The van der Waals surface area contributed by atoms with E-state index in [9.17, 15) is 4.79 Å². The second-order valence-electron chi connectivity index (χ2n) is 9.62. The lowest BCUT2D eigenvalue weighted by Crippen LogP contribution is -2.28. The van der Waals surface area contributed by atoms with Gasteiger partial charge in [-0.2, -0.15) is 0 Å². The van der Waals surface area contributed by atoms with Crippen molar-refractivity contribution in [3.63, 3.8) is 0 Å². The SMILES string of the molecule is CC(C)c1ccc(N2C(=O)c3ccccc3C2c2c(-c3ccccc3)n(C)c3ccccc23)cc1. The minimum absolute atomic E-state index is 0.0508. The Morgan fingerprint density at radius 1 is 0.743 bits per heavy atom. The molecule has 172 valence electrons. The summed E-state index contributed by atoms with van der Waals surface area (Å²) in [5.74, 6) is 0.490. The molecular weight excluding hydrogens is 428 g/mol. The summed E-state index contributed by atoms with van der Waals surface area (Å²) in [5, 5.41) is 1.17. The average molecular weight is 457 g/mol. The van der Waals surface area contributed by atoms with Gasteiger partial charge in [0.15, 0.2) is 0 Å². The van der Waals surface area contributed by atoms with E-state index in [4.69, 9.17) is 0 Å². The van der Waals surface area contributed by atoms with Crippen LogP contribution in [0.5, 0.6) is 0 Å². The van der Waals surface area contributed by atoms with Crippen molar-refractivity contribution in [1.82, 2.24) is 4.57 Å². The molecule has 4 aromatic carbocycles. The van der Waals surface area contributed by atoms with Gasteiger partial charge in [0.1, 0.15) is 0 Å². The predicted octanol–water partition coefficient (Wildman–Crippen LogP) is 7.72. The van der Waals surface area contributed by atoms with Crippen LogP contribution in [0.3, 0.4) is 0 Å². The third-order valence-electron chi connectivity index (χ3n) is 7.27. The second-order valence-corrected chi connectivity index (χ2v) is 9.62. The maximum atomic E-state index is 13.9. The van der Waals surface area contributed by atoms with Gasteiger partial charge >= 0.3 is 0 Å². The largest absolute Gasteiger partial charge is 0.343 e. The molecule has 1 aliphatic heterocycles. The number of benzene rings is 4. The number of hydrogen-bond donors (Lipinski definition) is 0. The first-order valence-electron chi connectivity index (χ1n) is 12.2. The molecule has 0 saturated carbocycles. The van der Waals surface area contributed by atoms with E-state index in [0.29, 0.717) is 5.92 Å². The van der Waals surface area contributed by atoms with E-state index >= 15 is 0 Å². The number of rotatable bonds is 4. The highest BCUT2D eigenvalue weighted by Crippen LogP contribution is 2.48. The summed E-state index contributed by atoms with van der Waals surface area (Å²) in [5.41, 5.74) is 8.64. The van der Waals surface area contributed by atoms with E-state index in [0.717, 1.165) is 33.6 Å². The molecule has 0 fully saturated rings. The van der Waals surface area contributed by atoms with Crippen LogP contribution in [-0.4, -0.2) is 10.5 Å². The number of carbonyl (C=O) groups excluding carboxylic acids is 1. The Morgan fingerprint density at radius 2 is 1.40 bits per heavy atom. The fraction of sp³-hybridized carbons (Fsp3) is 0.156. The molecule has 0 N–H and O–H groups in total. The zero-order valence-corrected chi connectivity index (χ0v) is 20.3. The Morgan fingerprint density at radius 3 is 2.14 bits per heavy atom. The van der Waals surface area contributed by atoms with E-state index in [1.807, 2.05) is 29.2 Å². The van der Waals surface area contributed by atoms with Crippen LogP contribution in [0.25, 0.3) is 22.2 Å². The molecule has 1 aliphatic rings. The van der Waals surface area contributed by atoms with Gasteiger partial charge in [-0.3, -0.25) is 9.69 Å². The van der Waals surface area contributed by atoms with Gasteiger partial charge in [0.05, 0.1) is 11.7 Å². The number of anilines is 1. The monoisotopic (exact) mass is 456 g/mol. The minimum atomic E-state index is -0.218. The van der Waals surface area contributed by atoms with E-state index in [1.165, 1.54) is 16.5 Å². The van der Waals surface area contributed by atoms with E-state index < -0.39 is 0 Å². The van der Waals surface area contributed by atoms with Crippen LogP contribution in [0.1, 0.15) is 52.9 Å². The van der Waals surface area contributed by atoms with Crippen molar-refractivity contribution in [2.75, 3.05) is 4.90 Å². The number of fused-ring (bicyclic) bond motifs is 2. The molecular formula is C32H28N2O. The van der Waals surface area contributed by atoms with Crippen LogP contribution in [0.4, 0.5) is 5.69 Å². The van der Waals surface area contributed by atoms with Gasteiger partial charge in [-0.25, -0.2) is 0 Å². The first-order chi connectivity index (χ1) is 17.1. The topological polar surface area (TPSA) is 25.2 Å². The first kappa shape index (κ1) is 21.4. The fourth-order valence-electron chi connectivity index (χ4n) is 5.53. The summed E-state index contributed by atoms with van der Waals surface area (Å²) < 4.78 is 2.27. The number of hydrogen-bond acceptors (Lipinski definition) is 1. The zero-order valence-electron chi connectivity index (χ0n) is 20.3. The smallest absolute Gasteiger partial charge is 0.259 e. The molecule has 1 atom stereocenters. The quantitative estimate of drug-likeness (QED) is 0.272. The Kier molecular flexibility index (Phi) is 5.07. The van der Waals surface area contributed by atoms with Crippen molar-refractivity contribution in [3.8, 4) is 11.3 Å². The Bertz CT molecular complexity index is 1540. The third-order valence-corrected chi connectivity index (χ3v) is 7.27. The lowest BCUT2D eigenvalue weighted by Gasteiger charge is -2.27. The molecule has 1 amide bonds. The Labute approximate surface area is 206 Å². The van der Waals surface area contributed by atoms with E-state index in [-0.39, 0.29) is 11.9 Å². The highest BCUT2D eigenvalue weighted by molar-refractivity contribution is 6.13. The van der Waals surface area contributed by atoms with Crippen LogP contribution < -0.4 is 4.90 Å². The summed E-state index contributed by atoms with van der Waals surface area (Å²) in [4.78, 5) is 15.9. The predicted molar refractivity (Wildman–Crippen MR) is 144 cm³/mol. The molecule has 0 radical (unpaired) electrons. The summed E-state index contributed by atoms with van der Waals surface area (Å²) >= 11 is 0. The highest BCUT2D eigenvalue weighted by Gasteiger charge is 2.41. The molecule has 3 heteroatoms. The van der Waals surface area contributed by atoms with Crippen molar-refractivity contribution in [2.24, 2.45) is 7.05 Å². The molecule has 3 nitrogen and oxygen atoms in total. The van der Waals surface area contributed by atoms with Crippen LogP contribution in [-0.2, 0) is 7.05 Å². The van der Waals surface area contributed by atoms with Crippen LogP contribution >= 0.6 is 0 Å². The first-order valence-corrected chi connectivity index (χ1v) is 12.2. The van der Waals surface area contributed by atoms with Gasteiger partial charge < -0.3 is 4.57 Å². The van der Waals surface area contributed by atoms with Crippen LogP contribution in [0, 0.1) is 0 Å². The van der Waals surface area contributed by atoms with E-state index in [2.05, 4.69) is 104 Å². The van der Waals surface area contributed by atoms with Gasteiger partial charge in [0.25, 0.3) is 5.91 Å². The van der Waals surface area contributed by atoms with Crippen molar-refractivity contribution in [3.05, 3.63) is 125 Å². The van der Waals surface area contributed by atoms with Gasteiger partial charge in [-0.15, -0.1) is 0 Å². The summed E-state index contributed by atoms with van der Waals surface area (Å²) in [6.07, 6.45) is 0. The summed E-state index contributed by atoms with van der Waals surface area (Å²) in [6, 6.07) is 35.4. The maximum Gasteiger partial charge on any atom is 0.259 e. The molecule has 6 rings (SSSR count). The summed E-state index contributed by atoms with van der Waals surface area (Å²) in [6.45, 7) is 4.38. The van der Waals surface area contributed by atoms with Crippen molar-refractivity contribution in [2.45, 2.75) is 25.8 Å². The van der Waals surface area contributed by atoms with Crippen molar-refractivity contribution in [1.29, 1.82) is 0 Å². The molecule has 0 bridgehead atoms. The standard InChI is InChI=1S/C32H28N2O/c1-21(2)22-17-19-24(20-18-22)34-31(25-13-7-8-14-26(25)32(34)35)29-27-15-9-10-16-28(27)33(3)30(29)23-11-5-4-6-12-23/h4-21,31H,1-3H3. The normalized spacial score (nSPS) is 15.3. The molecule has 2 heterocycles. The molecule has 1 aromatic heterocycles. The molecule has 35 heavy (non-hydrogen) atoms. The van der Waals surface area contributed by atoms with Gasteiger partial charge in [-0.1, -0.05) is 92.7 Å². The fourth-order valence-corrected chi connectivity index (χ4v) is 5.53. The highest BCUT2D eigenvalue weighted by atomic mass is 16.2. The van der Waals surface area contributed by atoms with Gasteiger partial charge in [0, 0.05) is 34.8 Å². The number of aromatic nitrogens is 1. The molecule has 0 aliphatic carbocycles. The van der Waals surface area contributed by atoms with Gasteiger partial charge in [0.2, 0.25) is 0 Å². The number of nitrogens with zero attached hydrogens (tertiary/aromatic N) is 2. The maximum absolute atomic E-state index is 13.9. The zero-order chi connectivity index (χ0) is 24.1. The van der Waals surface area contributed by atoms with Crippen molar-refractivity contribution < 1.29 is 4.79 Å². The van der Waals surface area contributed by atoms with Gasteiger partial charge in [-0.05, 0) is 46.9 Å². The lowest BCUT2D eigenvalue weighted by atomic mass is 9.93. The molecule has 0 saturated heterocycles. The number of aryl methyl sites for hydroxylation is 1. The van der Waals surface area contributed by atoms with E-state index in [1.54, 1.807) is 0 Å². The summed E-state index contributed by atoms with van der Waals surface area (Å²) in [7, 11) is 2.12. The minimum Gasteiger partial charge on any atom is -0.343 e. The Balaban J connectivity index is 1.65. The Hall–Kier alpha value is -4.11. The number of carbonyl (C=O) groups is 1. The number of para-hydroxylation sites is 1. The van der Waals surface area contributed by atoms with Crippen LogP contribution in [0.15, 0.2) is 103 Å². The van der Waals surface area contributed by atoms with Crippen LogP contribution in [0.2, 0.25) is 0 Å². The molecule has 5 aromatic rings.